The minimum atomic E-state index is -5.21. The van der Waals surface area contributed by atoms with Gasteiger partial charge in [0, 0.05) is 26.1 Å². The van der Waals surface area contributed by atoms with Gasteiger partial charge in [-0.1, -0.05) is 71.4 Å². The second kappa shape index (κ2) is 17.0. The largest absolute Gasteiger partial charge is 0.467 e. The number of amides is 2. The second-order valence-corrected chi connectivity index (χ2v) is 11.1. The predicted molar refractivity (Wildman–Crippen MR) is 158 cm³/mol. The second-order valence-electron chi connectivity index (χ2n) is 11.1. The van der Waals surface area contributed by atoms with Crippen LogP contribution in [-0.2, 0) is 39.0 Å². The molecule has 246 valence electrons. The average Bonchev–Trinajstić information content (AvgIpc) is 2.98. The van der Waals surface area contributed by atoms with Gasteiger partial charge in [-0.2, -0.15) is 13.2 Å². The normalized spacial score (nSPS) is 16.3. The monoisotopic (exact) mass is 626 g/mol. The van der Waals surface area contributed by atoms with Crippen LogP contribution in [0.3, 0.4) is 0 Å². The van der Waals surface area contributed by atoms with E-state index in [1.54, 1.807) is 20.8 Å². The van der Waals surface area contributed by atoms with Gasteiger partial charge in [-0.3, -0.25) is 9.59 Å². The Labute approximate surface area is 258 Å². The molecule has 0 radical (unpaired) electrons. The molecule has 12 heteroatoms. The standard InChI is InChI=1S/C32H45F3N2O7/c1-10-12-14-19-24(44-30(41)31(43-9,32(33,34)35)23-17-15-13-16-18-23)22(6)27(38)36-25(20(3)4)28(39)37(7)26(21(5)11-2)29(40)42-8/h1,13,15-18,20-22,24-26H,11-12,14,19H2,2-9H3,(H,36,38)/t21-,22?,24-,25-,26-,31+/m0/s1. The van der Waals surface area contributed by atoms with Crippen LogP contribution in [0.2, 0.25) is 0 Å². The van der Waals surface area contributed by atoms with E-state index < -0.39 is 71.1 Å². The van der Waals surface area contributed by atoms with Crippen LogP contribution in [0.4, 0.5) is 13.2 Å². The fraction of sp³-hybridized carbons (Fsp3) is 0.625. The number of esters is 2. The van der Waals surface area contributed by atoms with Crippen molar-refractivity contribution in [3.63, 3.8) is 0 Å². The van der Waals surface area contributed by atoms with Crippen molar-refractivity contribution in [1.29, 1.82) is 0 Å². The summed E-state index contributed by atoms with van der Waals surface area (Å²) in [7, 11) is 3.41. The predicted octanol–water partition coefficient (Wildman–Crippen LogP) is 4.63. The van der Waals surface area contributed by atoms with E-state index in [-0.39, 0.29) is 25.2 Å². The zero-order valence-corrected chi connectivity index (χ0v) is 26.7. The number of likely N-dealkylation sites (N-methyl/N-ethyl adjacent to an activating group) is 1. The molecule has 0 aliphatic heterocycles. The molecule has 6 atom stereocenters. The quantitative estimate of drug-likeness (QED) is 0.162. The highest BCUT2D eigenvalue weighted by Crippen LogP contribution is 2.43. The highest BCUT2D eigenvalue weighted by Gasteiger charge is 2.64. The number of carbonyl (C=O) groups excluding carboxylic acids is 4. The average molecular weight is 627 g/mol. The van der Waals surface area contributed by atoms with Gasteiger partial charge in [0.1, 0.15) is 18.2 Å². The minimum Gasteiger partial charge on any atom is -0.467 e. The smallest absolute Gasteiger partial charge is 0.432 e. The van der Waals surface area contributed by atoms with Gasteiger partial charge in [-0.15, -0.1) is 12.3 Å². The highest BCUT2D eigenvalue weighted by atomic mass is 19.4. The Bertz CT molecular complexity index is 1150. The van der Waals surface area contributed by atoms with Crippen molar-refractivity contribution in [3.8, 4) is 12.3 Å². The number of terminal acetylenes is 1. The zero-order valence-electron chi connectivity index (χ0n) is 26.7. The lowest BCUT2D eigenvalue weighted by Crippen LogP contribution is -2.57. The van der Waals surface area contributed by atoms with Crippen LogP contribution in [0.25, 0.3) is 0 Å². The van der Waals surface area contributed by atoms with Gasteiger partial charge in [0.15, 0.2) is 0 Å². The molecule has 0 spiro atoms. The van der Waals surface area contributed by atoms with Gasteiger partial charge in [0.25, 0.3) is 5.60 Å². The molecule has 44 heavy (non-hydrogen) atoms. The molecule has 0 fully saturated rings. The van der Waals surface area contributed by atoms with Crippen LogP contribution in [-0.4, -0.2) is 74.3 Å². The molecule has 0 saturated carbocycles. The van der Waals surface area contributed by atoms with Crippen molar-refractivity contribution in [2.24, 2.45) is 17.8 Å². The van der Waals surface area contributed by atoms with Gasteiger partial charge in [-0.25, -0.2) is 9.59 Å². The number of nitrogens with one attached hydrogen (secondary N) is 1. The van der Waals surface area contributed by atoms with Crippen LogP contribution < -0.4 is 5.32 Å². The lowest BCUT2D eigenvalue weighted by molar-refractivity contribution is -0.278. The third-order valence-electron chi connectivity index (χ3n) is 7.83. The lowest BCUT2D eigenvalue weighted by Gasteiger charge is -2.36. The van der Waals surface area contributed by atoms with Gasteiger partial charge >= 0.3 is 18.1 Å². The number of ether oxygens (including phenoxy) is 3. The van der Waals surface area contributed by atoms with Crippen molar-refractivity contribution < 1.29 is 46.6 Å². The molecule has 0 saturated heterocycles. The maximum absolute atomic E-state index is 14.5. The molecule has 2 amide bonds. The number of rotatable bonds is 16. The molecule has 9 nitrogen and oxygen atoms in total. The van der Waals surface area contributed by atoms with Gasteiger partial charge in [-0.05, 0) is 24.7 Å². The zero-order chi connectivity index (χ0) is 33.8. The molecule has 1 N–H and O–H groups in total. The summed E-state index contributed by atoms with van der Waals surface area (Å²) in [5, 5.41) is 2.66. The number of unbranched alkanes of at least 4 members (excludes halogenated alkanes) is 1. The molecule has 0 aliphatic carbocycles. The summed E-state index contributed by atoms with van der Waals surface area (Å²) in [6.45, 7) is 8.42. The SMILES string of the molecule is C#CCCC[C@H](OC(=O)[C@](OC)(c1ccccc1)C(F)(F)F)C(C)C(=O)N[C@H](C(=O)N(C)[C@H](C(=O)OC)[C@@H](C)CC)C(C)C. The Morgan fingerprint density at radius 3 is 2.09 bits per heavy atom. The Morgan fingerprint density at radius 1 is 1.05 bits per heavy atom. The van der Waals surface area contributed by atoms with Crippen LogP contribution in [0.15, 0.2) is 30.3 Å². The third kappa shape index (κ3) is 8.97. The number of methoxy groups -OCH3 is 2. The number of hydrogen-bond acceptors (Lipinski definition) is 7. The molecule has 0 aromatic heterocycles. The molecule has 1 unspecified atom stereocenters. The van der Waals surface area contributed by atoms with E-state index in [4.69, 9.17) is 20.6 Å². The van der Waals surface area contributed by atoms with Crippen LogP contribution in [0.1, 0.15) is 65.9 Å². The molecule has 0 bridgehead atoms. The number of halogens is 3. The Balaban J connectivity index is 3.39. The molecular formula is C32H45F3N2O7. The van der Waals surface area contributed by atoms with E-state index in [0.717, 1.165) is 19.2 Å². The first-order valence-electron chi connectivity index (χ1n) is 14.5. The van der Waals surface area contributed by atoms with Crippen molar-refractivity contribution in [3.05, 3.63) is 35.9 Å². The Morgan fingerprint density at radius 2 is 1.64 bits per heavy atom. The lowest BCUT2D eigenvalue weighted by atomic mass is 9.91. The molecule has 0 heterocycles. The van der Waals surface area contributed by atoms with E-state index in [9.17, 15) is 32.3 Å². The summed E-state index contributed by atoms with van der Waals surface area (Å²) < 4.78 is 58.6. The molecule has 1 aromatic carbocycles. The summed E-state index contributed by atoms with van der Waals surface area (Å²) in [5.41, 5.74) is -3.94. The molecule has 0 aliphatic rings. The first kappa shape index (κ1) is 38.4. The molecule has 1 aromatic rings. The van der Waals surface area contributed by atoms with E-state index in [1.165, 1.54) is 44.2 Å². The number of benzene rings is 1. The topological polar surface area (TPSA) is 111 Å². The molecular weight excluding hydrogens is 581 g/mol. The number of hydrogen-bond donors (Lipinski definition) is 1. The summed E-state index contributed by atoms with van der Waals surface area (Å²) in [4.78, 5) is 54.2. The fourth-order valence-corrected chi connectivity index (χ4v) is 4.86. The van der Waals surface area contributed by atoms with Crippen LogP contribution in [0.5, 0.6) is 0 Å². The van der Waals surface area contributed by atoms with Gasteiger partial charge in [0.2, 0.25) is 11.8 Å². The first-order chi connectivity index (χ1) is 20.5. The maximum Gasteiger partial charge on any atom is 0.432 e. The van der Waals surface area contributed by atoms with Crippen LogP contribution >= 0.6 is 0 Å². The number of nitrogens with zero attached hydrogens (tertiary/aromatic N) is 1. The number of carbonyl (C=O) groups is 4. The van der Waals surface area contributed by atoms with E-state index in [2.05, 4.69) is 11.2 Å². The number of alkyl halides is 3. The third-order valence-corrected chi connectivity index (χ3v) is 7.83. The van der Waals surface area contributed by atoms with Crippen LogP contribution in [0, 0.1) is 30.1 Å². The fourth-order valence-electron chi connectivity index (χ4n) is 4.86. The minimum absolute atomic E-state index is 0.0322. The van der Waals surface area contributed by atoms with E-state index in [1.807, 2.05) is 6.92 Å². The van der Waals surface area contributed by atoms with Gasteiger partial charge < -0.3 is 24.4 Å². The van der Waals surface area contributed by atoms with Crippen molar-refractivity contribution in [2.75, 3.05) is 21.3 Å². The highest BCUT2D eigenvalue weighted by molar-refractivity contribution is 5.91. The van der Waals surface area contributed by atoms with E-state index in [0.29, 0.717) is 6.42 Å². The van der Waals surface area contributed by atoms with Gasteiger partial charge in [0.05, 0.1) is 13.0 Å². The van der Waals surface area contributed by atoms with Crippen molar-refractivity contribution in [2.45, 2.75) is 90.3 Å². The first-order valence-corrected chi connectivity index (χ1v) is 14.5. The summed E-state index contributed by atoms with van der Waals surface area (Å²) >= 11 is 0. The van der Waals surface area contributed by atoms with Crippen molar-refractivity contribution in [1.82, 2.24) is 10.2 Å². The summed E-state index contributed by atoms with van der Waals surface area (Å²) in [6.07, 6.45) is -0.208. The summed E-state index contributed by atoms with van der Waals surface area (Å²) in [5.74, 6) is -3.12. The Kier molecular flexibility index (Phi) is 14.9. The Hall–Kier alpha value is -3.59. The summed E-state index contributed by atoms with van der Waals surface area (Å²) in [6, 6.07) is 4.32. The van der Waals surface area contributed by atoms with E-state index >= 15 is 0 Å². The maximum atomic E-state index is 14.5. The molecule has 1 rings (SSSR count). The van der Waals surface area contributed by atoms with Crippen molar-refractivity contribution >= 4 is 23.8 Å².